The Morgan fingerprint density at radius 2 is 2.08 bits per heavy atom. The number of ether oxygens (including phenoxy) is 1. The molecule has 1 N–H and O–H groups in total. The maximum absolute atomic E-state index is 12.9. The van der Waals surface area contributed by atoms with Gasteiger partial charge in [0.1, 0.15) is 16.0 Å². The van der Waals surface area contributed by atoms with Crippen molar-refractivity contribution in [2.24, 2.45) is 0 Å². The molecule has 0 spiro atoms. The summed E-state index contributed by atoms with van der Waals surface area (Å²) in [6.07, 6.45) is 1.17. The molecule has 0 radical (unpaired) electrons. The molecule has 0 aliphatic carbocycles. The van der Waals surface area contributed by atoms with E-state index in [0.717, 1.165) is 4.88 Å². The minimum absolute atomic E-state index is 0.282. The van der Waals surface area contributed by atoms with E-state index in [9.17, 15) is 13.2 Å². The van der Waals surface area contributed by atoms with E-state index >= 15 is 0 Å². The van der Waals surface area contributed by atoms with Gasteiger partial charge in [0.2, 0.25) is 5.91 Å². The van der Waals surface area contributed by atoms with Crippen molar-refractivity contribution in [1.82, 2.24) is 4.31 Å². The second kappa shape index (κ2) is 7.77. The minimum Gasteiger partial charge on any atom is -0.492 e. The van der Waals surface area contributed by atoms with Crippen LogP contribution in [0.3, 0.4) is 0 Å². The van der Waals surface area contributed by atoms with Crippen molar-refractivity contribution in [3.63, 3.8) is 0 Å². The predicted molar refractivity (Wildman–Crippen MR) is 102 cm³/mol. The van der Waals surface area contributed by atoms with Crippen LogP contribution in [-0.2, 0) is 14.8 Å². The van der Waals surface area contributed by atoms with Gasteiger partial charge in [0, 0.05) is 11.4 Å². The topological polar surface area (TPSA) is 75.7 Å². The number of rotatable bonds is 6. The molecule has 6 nitrogen and oxygen atoms in total. The highest BCUT2D eigenvalue weighted by Gasteiger charge is 2.40. The molecule has 0 bridgehead atoms. The van der Waals surface area contributed by atoms with Crippen LogP contribution in [0.4, 0.5) is 5.69 Å². The molecule has 1 aromatic heterocycles. The zero-order chi connectivity index (χ0) is 18.7. The normalized spacial score (nSPS) is 18.0. The van der Waals surface area contributed by atoms with Crippen molar-refractivity contribution in [3.05, 3.63) is 41.3 Å². The van der Waals surface area contributed by atoms with Crippen LogP contribution in [0, 0.1) is 6.92 Å². The van der Waals surface area contributed by atoms with Gasteiger partial charge in [0.25, 0.3) is 10.0 Å². The lowest BCUT2D eigenvalue weighted by atomic mass is 10.2. The van der Waals surface area contributed by atoms with E-state index in [1.54, 1.807) is 30.3 Å². The van der Waals surface area contributed by atoms with Crippen molar-refractivity contribution in [1.29, 1.82) is 0 Å². The summed E-state index contributed by atoms with van der Waals surface area (Å²) in [4.78, 5) is 13.7. The van der Waals surface area contributed by atoms with Gasteiger partial charge in [-0.25, -0.2) is 8.42 Å². The van der Waals surface area contributed by atoms with Crippen molar-refractivity contribution in [2.45, 2.75) is 36.9 Å². The van der Waals surface area contributed by atoms with Crippen LogP contribution in [-0.4, -0.2) is 37.8 Å². The first-order valence-corrected chi connectivity index (χ1v) is 10.8. The molecule has 2 aromatic rings. The molecule has 8 heteroatoms. The van der Waals surface area contributed by atoms with E-state index in [2.05, 4.69) is 5.32 Å². The van der Waals surface area contributed by atoms with Crippen molar-refractivity contribution >= 4 is 33.0 Å². The molecule has 3 rings (SSSR count). The van der Waals surface area contributed by atoms with Crippen LogP contribution in [0.1, 0.15) is 24.6 Å². The number of carbonyl (C=O) groups excluding carboxylic acids is 1. The van der Waals surface area contributed by atoms with Gasteiger partial charge in [-0.3, -0.25) is 4.79 Å². The summed E-state index contributed by atoms with van der Waals surface area (Å²) in [7, 11) is -3.66. The Morgan fingerprint density at radius 3 is 2.77 bits per heavy atom. The van der Waals surface area contributed by atoms with E-state index in [1.165, 1.54) is 15.6 Å². The number of amides is 1. The third kappa shape index (κ3) is 3.77. The van der Waals surface area contributed by atoms with Crippen molar-refractivity contribution in [2.75, 3.05) is 18.5 Å². The van der Waals surface area contributed by atoms with E-state index in [-0.39, 0.29) is 10.1 Å². The fraction of sp³-hybridized carbons (Fsp3) is 0.389. The standard InChI is InChI=1S/C18H22N2O4S2/c1-3-24-16-9-5-4-7-14(16)19-18(21)15-8-6-12-20(15)26(22,23)17-11-10-13(2)25-17/h4-5,7,9-11,15H,3,6,8,12H2,1-2H3,(H,19,21). The summed E-state index contributed by atoms with van der Waals surface area (Å²) in [5.74, 6) is 0.246. The second-order valence-electron chi connectivity index (χ2n) is 6.06. The summed E-state index contributed by atoms with van der Waals surface area (Å²) < 4.78 is 33.0. The number of nitrogens with zero attached hydrogens (tertiary/aromatic N) is 1. The molecule has 1 aliphatic rings. The third-order valence-electron chi connectivity index (χ3n) is 4.23. The minimum atomic E-state index is -3.66. The zero-order valence-corrected chi connectivity index (χ0v) is 16.4. The molecule has 1 aliphatic heterocycles. The van der Waals surface area contributed by atoms with Crippen LogP contribution in [0.5, 0.6) is 5.75 Å². The lowest BCUT2D eigenvalue weighted by molar-refractivity contribution is -0.119. The van der Waals surface area contributed by atoms with Gasteiger partial charge < -0.3 is 10.1 Å². The first kappa shape index (κ1) is 18.9. The average molecular weight is 395 g/mol. The second-order valence-corrected chi connectivity index (χ2v) is 9.46. The van der Waals surface area contributed by atoms with E-state index in [4.69, 9.17) is 4.74 Å². The number of sulfonamides is 1. The molecule has 1 amide bonds. The van der Waals surface area contributed by atoms with E-state index in [1.807, 2.05) is 19.9 Å². The van der Waals surface area contributed by atoms with Gasteiger partial charge in [-0.15, -0.1) is 11.3 Å². The molecule has 2 heterocycles. The maximum atomic E-state index is 12.9. The van der Waals surface area contributed by atoms with Crippen LogP contribution in [0.25, 0.3) is 0 Å². The summed E-state index contributed by atoms with van der Waals surface area (Å²) >= 11 is 1.23. The zero-order valence-electron chi connectivity index (χ0n) is 14.8. The summed E-state index contributed by atoms with van der Waals surface area (Å²) in [6.45, 7) is 4.56. The quantitative estimate of drug-likeness (QED) is 0.816. The molecular formula is C18H22N2O4S2. The Kier molecular flexibility index (Phi) is 5.64. The fourth-order valence-electron chi connectivity index (χ4n) is 3.02. The van der Waals surface area contributed by atoms with Crippen LogP contribution < -0.4 is 10.1 Å². The number of para-hydroxylation sites is 2. The number of aryl methyl sites for hydroxylation is 1. The molecule has 1 unspecified atom stereocenters. The molecule has 140 valence electrons. The molecule has 26 heavy (non-hydrogen) atoms. The third-order valence-corrected chi connectivity index (χ3v) is 7.61. The molecular weight excluding hydrogens is 372 g/mol. The van der Waals surface area contributed by atoms with Crippen LogP contribution in [0.2, 0.25) is 0 Å². The fourth-order valence-corrected chi connectivity index (χ4v) is 6.09. The number of hydrogen-bond donors (Lipinski definition) is 1. The monoisotopic (exact) mass is 394 g/mol. The largest absolute Gasteiger partial charge is 0.492 e. The summed E-state index contributed by atoms with van der Waals surface area (Å²) in [6, 6.07) is 9.82. The number of hydrogen-bond acceptors (Lipinski definition) is 5. The molecule has 1 fully saturated rings. The lowest BCUT2D eigenvalue weighted by Crippen LogP contribution is -2.42. The predicted octanol–water partition coefficient (Wildman–Crippen LogP) is 3.25. The molecule has 0 saturated carbocycles. The average Bonchev–Trinajstić information content (AvgIpc) is 3.26. The number of thiophene rings is 1. The summed E-state index contributed by atoms with van der Waals surface area (Å²) in [5.41, 5.74) is 0.551. The van der Waals surface area contributed by atoms with Crippen LogP contribution >= 0.6 is 11.3 Å². The Bertz CT molecular complexity index is 892. The Morgan fingerprint density at radius 1 is 1.31 bits per heavy atom. The number of nitrogens with one attached hydrogen (secondary N) is 1. The SMILES string of the molecule is CCOc1ccccc1NC(=O)C1CCCN1S(=O)(=O)c1ccc(C)s1. The number of anilines is 1. The highest BCUT2D eigenvalue weighted by atomic mass is 32.2. The molecule has 1 atom stereocenters. The lowest BCUT2D eigenvalue weighted by Gasteiger charge is -2.23. The number of benzene rings is 1. The van der Waals surface area contributed by atoms with Gasteiger partial charge in [-0.05, 0) is 51.0 Å². The highest BCUT2D eigenvalue weighted by Crippen LogP contribution is 2.31. The first-order valence-electron chi connectivity index (χ1n) is 8.54. The molecule has 1 saturated heterocycles. The maximum Gasteiger partial charge on any atom is 0.253 e. The van der Waals surface area contributed by atoms with E-state index < -0.39 is 16.1 Å². The Hall–Kier alpha value is -1.90. The highest BCUT2D eigenvalue weighted by molar-refractivity contribution is 7.91. The van der Waals surface area contributed by atoms with Gasteiger partial charge in [0.15, 0.2) is 0 Å². The number of carbonyl (C=O) groups is 1. The summed E-state index contributed by atoms with van der Waals surface area (Å²) in [5, 5.41) is 2.83. The van der Waals surface area contributed by atoms with Crippen LogP contribution in [0.15, 0.2) is 40.6 Å². The van der Waals surface area contributed by atoms with Crippen molar-refractivity contribution < 1.29 is 17.9 Å². The Balaban J connectivity index is 1.81. The van der Waals surface area contributed by atoms with Gasteiger partial charge in [-0.2, -0.15) is 4.31 Å². The molecule has 1 aromatic carbocycles. The van der Waals surface area contributed by atoms with Gasteiger partial charge >= 0.3 is 0 Å². The van der Waals surface area contributed by atoms with Crippen molar-refractivity contribution in [3.8, 4) is 5.75 Å². The van der Waals surface area contributed by atoms with Gasteiger partial charge in [-0.1, -0.05) is 12.1 Å². The van der Waals surface area contributed by atoms with E-state index in [0.29, 0.717) is 37.4 Å². The Labute approximate surface area is 157 Å². The van der Waals surface area contributed by atoms with Gasteiger partial charge in [0.05, 0.1) is 12.3 Å². The smallest absolute Gasteiger partial charge is 0.253 e. The first-order chi connectivity index (χ1) is 12.4.